The lowest BCUT2D eigenvalue weighted by Gasteiger charge is -2.17. The fourth-order valence-corrected chi connectivity index (χ4v) is 4.40. The van der Waals surface area contributed by atoms with Gasteiger partial charge in [0.15, 0.2) is 10.9 Å². The number of pyridine rings is 1. The van der Waals surface area contributed by atoms with E-state index in [0.717, 1.165) is 12.8 Å². The molecule has 0 amide bonds. The van der Waals surface area contributed by atoms with Crippen LogP contribution in [0.1, 0.15) is 36.5 Å². The Hall–Kier alpha value is -2.88. The summed E-state index contributed by atoms with van der Waals surface area (Å²) in [4.78, 5) is 26.4. The first-order valence-corrected chi connectivity index (χ1v) is 11.7. The zero-order valence-electron chi connectivity index (χ0n) is 17.8. The number of ketones is 1. The summed E-state index contributed by atoms with van der Waals surface area (Å²) in [5, 5.41) is 15.2. The number of aliphatic hydroxyl groups is 1. The van der Waals surface area contributed by atoms with Gasteiger partial charge in [0.05, 0.1) is 29.8 Å². The maximum atomic E-state index is 13.4. The number of nitrogens with one attached hydrogen (secondary N) is 1. The highest BCUT2D eigenvalue weighted by molar-refractivity contribution is 7.14. The molecule has 1 aliphatic heterocycles. The smallest absolute Gasteiger partial charge is 0.183 e. The van der Waals surface area contributed by atoms with Crippen molar-refractivity contribution in [2.75, 3.05) is 18.5 Å². The summed E-state index contributed by atoms with van der Waals surface area (Å²) >= 11 is 7.20. The van der Waals surface area contributed by atoms with Crippen molar-refractivity contribution >= 4 is 45.3 Å². The number of halogens is 2. The molecule has 4 rings (SSSR count). The molecule has 33 heavy (non-hydrogen) atoms. The number of aromatic nitrogens is 2. The van der Waals surface area contributed by atoms with Gasteiger partial charge in [0.25, 0.3) is 0 Å². The van der Waals surface area contributed by atoms with E-state index in [0.29, 0.717) is 39.2 Å². The van der Waals surface area contributed by atoms with Gasteiger partial charge < -0.3 is 15.2 Å². The van der Waals surface area contributed by atoms with Gasteiger partial charge in [0.2, 0.25) is 0 Å². The van der Waals surface area contributed by atoms with Crippen LogP contribution >= 0.6 is 22.9 Å². The monoisotopic (exact) mass is 488 g/mol. The van der Waals surface area contributed by atoms with E-state index < -0.39 is 5.82 Å². The lowest BCUT2D eigenvalue weighted by Crippen LogP contribution is -2.23. The highest BCUT2D eigenvalue weighted by Gasteiger charge is 2.25. The number of thiazole rings is 1. The number of hydrogen-bond donors (Lipinski definition) is 2. The number of benzene rings is 1. The molecule has 10 heteroatoms. The van der Waals surface area contributed by atoms with Crippen LogP contribution < -0.4 is 10.1 Å². The molecule has 3 aromatic rings. The second kappa shape index (κ2) is 10.4. The minimum absolute atomic E-state index is 0.0170. The SMILES string of the molecule is CCC[C@H](CO)Nc1nc(-c2nccc3c2N=C(COc2ccc(F)c(Cl)c2)CC3=O)cs1. The second-order valence-corrected chi connectivity index (χ2v) is 8.81. The number of anilines is 1. The molecule has 7 nitrogen and oxygen atoms in total. The van der Waals surface area contributed by atoms with Gasteiger partial charge >= 0.3 is 0 Å². The Balaban J connectivity index is 1.57. The number of aliphatic imine (C=N–C) groups is 1. The maximum Gasteiger partial charge on any atom is 0.183 e. The topological polar surface area (TPSA) is 96.7 Å². The zero-order chi connectivity index (χ0) is 23.4. The maximum absolute atomic E-state index is 13.4. The third kappa shape index (κ3) is 5.38. The van der Waals surface area contributed by atoms with Crippen molar-refractivity contribution in [2.24, 2.45) is 4.99 Å². The number of rotatable bonds is 9. The Morgan fingerprint density at radius 2 is 2.21 bits per heavy atom. The Labute approximate surface area is 199 Å². The summed E-state index contributed by atoms with van der Waals surface area (Å²) in [5.41, 5.74) is 2.56. The summed E-state index contributed by atoms with van der Waals surface area (Å²) in [5.74, 6) is -0.235. The molecule has 2 aromatic heterocycles. The average molecular weight is 489 g/mol. The van der Waals surface area contributed by atoms with Gasteiger partial charge in [-0.05, 0) is 24.6 Å². The molecule has 0 spiro atoms. The molecular formula is C23H22ClFN4O3S. The number of hydrogen-bond acceptors (Lipinski definition) is 8. The van der Waals surface area contributed by atoms with Gasteiger partial charge in [0.1, 0.15) is 35.2 Å². The Morgan fingerprint density at radius 1 is 1.36 bits per heavy atom. The molecule has 1 aromatic carbocycles. The van der Waals surface area contributed by atoms with Gasteiger partial charge in [-0.25, -0.2) is 9.37 Å². The van der Waals surface area contributed by atoms with E-state index >= 15 is 0 Å². The first-order chi connectivity index (χ1) is 16.0. The quantitative estimate of drug-likeness (QED) is 0.423. The van der Waals surface area contributed by atoms with Gasteiger partial charge in [0, 0.05) is 23.2 Å². The Kier molecular flexibility index (Phi) is 7.32. The summed E-state index contributed by atoms with van der Waals surface area (Å²) < 4.78 is 19.0. The van der Waals surface area contributed by atoms with Crippen LogP contribution in [0.25, 0.3) is 11.4 Å². The Bertz CT molecular complexity index is 1200. The molecule has 2 N–H and O–H groups in total. The van der Waals surface area contributed by atoms with Gasteiger partial charge in [-0.3, -0.25) is 14.8 Å². The lowest BCUT2D eigenvalue weighted by molar-refractivity contribution is 0.0998. The van der Waals surface area contributed by atoms with Crippen molar-refractivity contribution in [2.45, 2.75) is 32.2 Å². The van der Waals surface area contributed by atoms with Crippen molar-refractivity contribution < 1.29 is 19.0 Å². The first-order valence-electron chi connectivity index (χ1n) is 10.5. The highest BCUT2D eigenvalue weighted by atomic mass is 35.5. The van der Waals surface area contributed by atoms with Crippen LogP contribution in [0.5, 0.6) is 5.75 Å². The van der Waals surface area contributed by atoms with E-state index in [-0.39, 0.29) is 36.5 Å². The van der Waals surface area contributed by atoms with Crippen LogP contribution in [0.2, 0.25) is 5.02 Å². The van der Waals surface area contributed by atoms with Gasteiger partial charge in [-0.15, -0.1) is 11.3 Å². The number of nitrogens with zero attached hydrogens (tertiary/aromatic N) is 3. The number of carbonyl (C=O) groups is 1. The van der Waals surface area contributed by atoms with E-state index in [1.807, 2.05) is 5.38 Å². The predicted molar refractivity (Wildman–Crippen MR) is 128 cm³/mol. The number of fused-ring (bicyclic) bond motifs is 1. The third-order valence-corrected chi connectivity index (χ3v) is 6.15. The average Bonchev–Trinajstić information content (AvgIpc) is 3.27. The number of carbonyl (C=O) groups excluding carboxylic acids is 1. The van der Waals surface area contributed by atoms with E-state index in [2.05, 4.69) is 27.2 Å². The molecule has 0 unspecified atom stereocenters. The third-order valence-electron chi connectivity index (χ3n) is 5.09. The minimum Gasteiger partial charge on any atom is -0.488 e. The van der Waals surface area contributed by atoms with E-state index in [1.54, 1.807) is 12.3 Å². The lowest BCUT2D eigenvalue weighted by atomic mass is 9.99. The van der Waals surface area contributed by atoms with Gasteiger partial charge in [-0.2, -0.15) is 0 Å². The largest absolute Gasteiger partial charge is 0.488 e. The molecule has 0 saturated carbocycles. The zero-order valence-corrected chi connectivity index (χ0v) is 19.4. The van der Waals surface area contributed by atoms with Crippen LogP contribution in [0.4, 0.5) is 15.2 Å². The molecule has 0 aliphatic carbocycles. The van der Waals surface area contributed by atoms with Crippen LogP contribution in [0.3, 0.4) is 0 Å². The van der Waals surface area contributed by atoms with Crippen LogP contribution in [-0.2, 0) is 0 Å². The van der Waals surface area contributed by atoms with E-state index in [4.69, 9.17) is 16.3 Å². The summed E-state index contributed by atoms with van der Waals surface area (Å²) in [6.45, 7) is 2.13. The standard InChI is InChI=1S/C23H22ClFN4O3S/c1-2-3-13(10-30)28-23-29-19(12-33-23)22-21-16(6-7-26-22)20(31)8-14(27-21)11-32-15-4-5-18(25)17(24)9-15/h4-7,9,12-13,30H,2-3,8,10-11H2,1H3,(H,28,29)/t13-/m1/s1. The summed E-state index contributed by atoms with van der Waals surface area (Å²) in [6, 6.07) is 5.64. The van der Waals surface area contributed by atoms with Crippen molar-refractivity contribution in [3.8, 4) is 17.1 Å². The van der Waals surface area contributed by atoms with E-state index in [1.165, 1.54) is 29.5 Å². The molecular weight excluding hydrogens is 467 g/mol. The Morgan fingerprint density at radius 3 is 2.97 bits per heavy atom. The molecule has 0 fully saturated rings. The number of Topliss-reactive ketones (excluding diaryl/α,β-unsaturated/α-hetero) is 1. The minimum atomic E-state index is -0.532. The van der Waals surface area contributed by atoms with Crippen LogP contribution in [0.15, 0.2) is 40.8 Å². The van der Waals surface area contributed by atoms with E-state index in [9.17, 15) is 14.3 Å². The second-order valence-electron chi connectivity index (χ2n) is 7.55. The van der Waals surface area contributed by atoms with Crippen LogP contribution in [0, 0.1) is 5.82 Å². The fourth-order valence-electron chi connectivity index (χ4n) is 3.46. The highest BCUT2D eigenvalue weighted by Crippen LogP contribution is 2.36. The molecule has 0 saturated heterocycles. The number of ether oxygens (including phenoxy) is 1. The molecule has 172 valence electrons. The van der Waals surface area contributed by atoms with Gasteiger partial charge in [-0.1, -0.05) is 24.9 Å². The molecule has 0 radical (unpaired) electrons. The summed E-state index contributed by atoms with van der Waals surface area (Å²) in [7, 11) is 0. The van der Waals surface area contributed by atoms with Crippen molar-refractivity contribution in [1.29, 1.82) is 0 Å². The molecule has 0 bridgehead atoms. The van der Waals surface area contributed by atoms with Crippen molar-refractivity contribution in [1.82, 2.24) is 9.97 Å². The molecule has 1 atom stereocenters. The fraction of sp³-hybridized carbons (Fsp3) is 0.304. The first kappa shape index (κ1) is 23.3. The summed E-state index contributed by atoms with van der Waals surface area (Å²) in [6.07, 6.45) is 3.45. The number of aliphatic hydroxyl groups excluding tert-OH is 1. The molecule has 1 aliphatic rings. The van der Waals surface area contributed by atoms with Crippen molar-refractivity contribution in [3.05, 3.63) is 52.2 Å². The van der Waals surface area contributed by atoms with Crippen molar-refractivity contribution in [3.63, 3.8) is 0 Å². The normalized spacial score (nSPS) is 13.9. The predicted octanol–water partition coefficient (Wildman–Crippen LogP) is 5.31. The molecule has 3 heterocycles. The van der Waals surface area contributed by atoms with Crippen LogP contribution in [-0.4, -0.2) is 45.8 Å².